The molecule has 1 aromatic rings. The molecule has 0 spiro atoms. The molecule has 1 saturated heterocycles. The van der Waals surface area contributed by atoms with Crippen LogP contribution in [0.4, 0.5) is 0 Å². The minimum Gasteiger partial charge on any atom is -0.350 e. The zero-order valence-electron chi connectivity index (χ0n) is 17.0. The van der Waals surface area contributed by atoms with Crippen LogP contribution in [-0.2, 0) is 4.79 Å². The summed E-state index contributed by atoms with van der Waals surface area (Å²) in [5, 5.41) is 3.19. The van der Waals surface area contributed by atoms with Crippen molar-refractivity contribution in [3.8, 4) is 0 Å². The molecule has 1 aromatic carbocycles. The predicted octanol–water partition coefficient (Wildman–Crippen LogP) is 4.37. The second-order valence-electron chi connectivity index (χ2n) is 8.96. The SMILES string of the molecule is Cc1ccc(C(=O)N2[C@@H](C3CCCCC3)SC[C@H]2C(=O)NC(C)(C)C)cc1. The summed E-state index contributed by atoms with van der Waals surface area (Å²) >= 11 is 1.79. The fourth-order valence-corrected chi connectivity index (χ4v) is 5.71. The summed E-state index contributed by atoms with van der Waals surface area (Å²) in [7, 11) is 0. The van der Waals surface area contributed by atoms with Gasteiger partial charge in [-0.2, -0.15) is 0 Å². The molecule has 2 fully saturated rings. The first-order valence-electron chi connectivity index (χ1n) is 10.1. The van der Waals surface area contributed by atoms with E-state index >= 15 is 0 Å². The molecule has 5 heteroatoms. The van der Waals surface area contributed by atoms with Gasteiger partial charge in [0.25, 0.3) is 5.91 Å². The highest BCUT2D eigenvalue weighted by molar-refractivity contribution is 8.00. The lowest BCUT2D eigenvalue weighted by molar-refractivity contribution is -0.126. The maximum Gasteiger partial charge on any atom is 0.255 e. The molecule has 2 amide bonds. The van der Waals surface area contributed by atoms with E-state index in [1.807, 2.05) is 56.9 Å². The molecule has 1 aliphatic carbocycles. The molecule has 1 aliphatic heterocycles. The number of nitrogens with zero attached hydrogens (tertiary/aromatic N) is 1. The normalized spacial score (nSPS) is 24.1. The number of carbonyl (C=O) groups is 2. The maximum absolute atomic E-state index is 13.4. The van der Waals surface area contributed by atoms with Crippen LogP contribution in [-0.4, -0.2) is 39.4 Å². The van der Waals surface area contributed by atoms with Crippen molar-refractivity contribution in [3.05, 3.63) is 35.4 Å². The summed E-state index contributed by atoms with van der Waals surface area (Å²) in [4.78, 5) is 28.3. The summed E-state index contributed by atoms with van der Waals surface area (Å²) in [5.41, 5.74) is 1.51. The number of thioether (sulfide) groups is 1. The monoisotopic (exact) mass is 388 g/mol. The van der Waals surface area contributed by atoms with E-state index in [0.717, 1.165) is 18.4 Å². The molecular formula is C22H32N2O2S. The van der Waals surface area contributed by atoms with Gasteiger partial charge in [0.2, 0.25) is 5.91 Å². The van der Waals surface area contributed by atoms with Crippen LogP contribution in [0.5, 0.6) is 0 Å². The molecule has 4 nitrogen and oxygen atoms in total. The Morgan fingerprint density at radius 1 is 1.07 bits per heavy atom. The summed E-state index contributed by atoms with van der Waals surface area (Å²) in [6.07, 6.45) is 6.06. The predicted molar refractivity (Wildman–Crippen MR) is 112 cm³/mol. The fraction of sp³-hybridized carbons (Fsp3) is 0.636. The Kier molecular flexibility index (Phi) is 6.19. The number of nitrogens with one attached hydrogen (secondary N) is 1. The summed E-state index contributed by atoms with van der Waals surface area (Å²) in [5.74, 6) is 1.13. The van der Waals surface area contributed by atoms with Crippen LogP contribution in [0.1, 0.15) is 68.8 Å². The molecule has 27 heavy (non-hydrogen) atoms. The quantitative estimate of drug-likeness (QED) is 0.836. The topological polar surface area (TPSA) is 49.4 Å². The Hall–Kier alpha value is -1.49. The molecule has 0 aromatic heterocycles. The van der Waals surface area contributed by atoms with E-state index in [0.29, 0.717) is 17.2 Å². The van der Waals surface area contributed by atoms with Gasteiger partial charge in [0, 0.05) is 16.9 Å². The molecule has 3 rings (SSSR count). The van der Waals surface area contributed by atoms with Gasteiger partial charge in [0.15, 0.2) is 0 Å². The lowest BCUT2D eigenvalue weighted by Crippen LogP contribution is -2.54. The highest BCUT2D eigenvalue weighted by atomic mass is 32.2. The van der Waals surface area contributed by atoms with Gasteiger partial charge in [-0.1, -0.05) is 37.0 Å². The minimum atomic E-state index is -0.394. The zero-order valence-corrected chi connectivity index (χ0v) is 17.8. The van der Waals surface area contributed by atoms with Gasteiger partial charge in [-0.25, -0.2) is 0 Å². The van der Waals surface area contributed by atoms with Crippen LogP contribution in [0.15, 0.2) is 24.3 Å². The van der Waals surface area contributed by atoms with Crippen LogP contribution in [0.3, 0.4) is 0 Å². The van der Waals surface area contributed by atoms with Crippen LogP contribution >= 0.6 is 11.8 Å². The molecule has 1 N–H and O–H groups in total. The number of hydrogen-bond acceptors (Lipinski definition) is 3. The lowest BCUT2D eigenvalue weighted by Gasteiger charge is -2.36. The van der Waals surface area contributed by atoms with Gasteiger partial charge >= 0.3 is 0 Å². The number of benzene rings is 1. The third-order valence-electron chi connectivity index (χ3n) is 5.42. The highest BCUT2D eigenvalue weighted by Crippen LogP contribution is 2.41. The van der Waals surface area contributed by atoms with E-state index in [1.54, 1.807) is 11.8 Å². The molecule has 0 bridgehead atoms. The molecule has 0 radical (unpaired) electrons. The smallest absolute Gasteiger partial charge is 0.255 e. The van der Waals surface area contributed by atoms with Crippen molar-refractivity contribution in [1.29, 1.82) is 0 Å². The van der Waals surface area contributed by atoms with E-state index in [4.69, 9.17) is 0 Å². The van der Waals surface area contributed by atoms with Crippen LogP contribution in [0, 0.1) is 12.8 Å². The standard InChI is InChI=1S/C22H32N2O2S/c1-15-10-12-16(13-11-15)20(26)24-18(19(25)23-22(2,3)4)14-27-21(24)17-8-6-5-7-9-17/h10-13,17-18,21H,5-9,14H2,1-4H3,(H,23,25)/t18-,21+/m0/s1. The van der Waals surface area contributed by atoms with Gasteiger partial charge in [-0.05, 0) is 58.6 Å². The molecule has 1 saturated carbocycles. The van der Waals surface area contributed by atoms with Gasteiger partial charge < -0.3 is 10.2 Å². The Balaban J connectivity index is 1.87. The number of aryl methyl sites for hydroxylation is 1. The van der Waals surface area contributed by atoms with E-state index in [1.165, 1.54) is 19.3 Å². The van der Waals surface area contributed by atoms with E-state index in [2.05, 4.69) is 5.32 Å². The minimum absolute atomic E-state index is 0.00960. The number of amides is 2. The average molecular weight is 389 g/mol. The lowest BCUT2D eigenvalue weighted by atomic mass is 9.88. The van der Waals surface area contributed by atoms with E-state index < -0.39 is 6.04 Å². The second kappa shape index (κ2) is 8.26. The van der Waals surface area contributed by atoms with Gasteiger partial charge in [-0.3, -0.25) is 9.59 Å². The van der Waals surface area contributed by atoms with Crippen molar-refractivity contribution in [3.63, 3.8) is 0 Å². The second-order valence-corrected chi connectivity index (χ2v) is 10.1. The molecule has 0 unspecified atom stereocenters. The van der Waals surface area contributed by atoms with Crippen molar-refractivity contribution >= 4 is 23.6 Å². The van der Waals surface area contributed by atoms with Crippen LogP contribution in [0.2, 0.25) is 0 Å². The molecular weight excluding hydrogens is 356 g/mol. The average Bonchev–Trinajstić information content (AvgIpc) is 3.06. The Morgan fingerprint density at radius 3 is 2.30 bits per heavy atom. The van der Waals surface area contributed by atoms with Gasteiger partial charge in [-0.15, -0.1) is 11.8 Å². The summed E-state index contributed by atoms with van der Waals surface area (Å²) in [6, 6.07) is 7.32. The van der Waals surface area contributed by atoms with E-state index in [-0.39, 0.29) is 22.7 Å². The third-order valence-corrected chi connectivity index (χ3v) is 6.88. The third kappa shape index (κ3) is 4.87. The summed E-state index contributed by atoms with van der Waals surface area (Å²) < 4.78 is 0. The number of rotatable bonds is 3. The largest absolute Gasteiger partial charge is 0.350 e. The molecule has 2 aliphatic rings. The van der Waals surface area contributed by atoms with Crippen molar-refractivity contribution in [2.45, 2.75) is 76.8 Å². The maximum atomic E-state index is 13.4. The first kappa shape index (κ1) is 20.2. The van der Waals surface area contributed by atoms with Crippen molar-refractivity contribution < 1.29 is 9.59 Å². The Morgan fingerprint density at radius 2 is 1.70 bits per heavy atom. The highest BCUT2D eigenvalue weighted by Gasteiger charge is 2.45. The van der Waals surface area contributed by atoms with Crippen molar-refractivity contribution in [2.75, 3.05) is 5.75 Å². The molecule has 148 valence electrons. The van der Waals surface area contributed by atoms with Crippen LogP contribution < -0.4 is 5.32 Å². The fourth-order valence-electron chi connectivity index (χ4n) is 4.07. The molecule has 1 heterocycles. The van der Waals surface area contributed by atoms with Crippen molar-refractivity contribution in [1.82, 2.24) is 10.2 Å². The zero-order chi connectivity index (χ0) is 19.6. The Labute approximate surface area is 167 Å². The van der Waals surface area contributed by atoms with Gasteiger partial charge in [0.05, 0.1) is 5.37 Å². The van der Waals surface area contributed by atoms with E-state index in [9.17, 15) is 9.59 Å². The summed E-state index contributed by atoms with van der Waals surface area (Å²) in [6.45, 7) is 7.97. The first-order chi connectivity index (χ1) is 12.8. The first-order valence-corrected chi connectivity index (χ1v) is 11.1. The number of carbonyl (C=O) groups excluding carboxylic acids is 2. The van der Waals surface area contributed by atoms with Gasteiger partial charge in [0.1, 0.15) is 6.04 Å². The van der Waals surface area contributed by atoms with Crippen molar-refractivity contribution in [2.24, 2.45) is 5.92 Å². The molecule has 2 atom stereocenters. The number of hydrogen-bond donors (Lipinski definition) is 1. The Bertz CT molecular complexity index is 675. The van der Waals surface area contributed by atoms with Crippen LogP contribution in [0.25, 0.3) is 0 Å².